The van der Waals surface area contributed by atoms with Gasteiger partial charge in [-0.1, -0.05) is 24.3 Å². The summed E-state index contributed by atoms with van der Waals surface area (Å²) in [7, 11) is 0. The van der Waals surface area contributed by atoms with Crippen LogP contribution in [0.5, 0.6) is 0 Å². The number of hydrogen-bond donors (Lipinski definition) is 1. The molecule has 3 rings (SSSR count). The summed E-state index contributed by atoms with van der Waals surface area (Å²) in [6.07, 6.45) is 1.73. The van der Waals surface area contributed by atoms with Gasteiger partial charge in [0, 0.05) is 32.4 Å². The first-order valence-corrected chi connectivity index (χ1v) is 8.54. The van der Waals surface area contributed by atoms with E-state index in [2.05, 4.69) is 4.98 Å². The summed E-state index contributed by atoms with van der Waals surface area (Å²) in [6.45, 7) is 1.66. The average Bonchev–Trinajstić information content (AvgIpc) is 2.69. The molecule has 2 aromatic rings. The van der Waals surface area contributed by atoms with Crippen LogP contribution in [0.25, 0.3) is 0 Å². The second-order valence-electron chi connectivity index (χ2n) is 6.23. The van der Waals surface area contributed by atoms with Gasteiger partial charge in [0.25, 0.3) is 5.91 Å². The minimum atomic E-state index is -0.801. The zero-order valence-electron chi connectivity index (χ0n) is 14.3. The summed E-state index contributed by atoms with van der Waals surface area (Å²) in [5, 5.41) is 0. The van der Waals surface area contributed by atoms with Crippen molar-refractivity contribution in [1.82, 2.24) is 14.8 Å². The highest BCUT2D eigenvalue weighted by molar-refractivity contribution is 5.92. The van der Waals surface area contributed by atoms with E-state index < -0.39 is 6.04 Å². The van der Waals surface area contributed by atoms with Crippen LogP contribution in [0.1, 0.15) is 16.1 Å². The monoisotopic (exact) mass is 356 g/mol. The van der Waals surface area contributed by atoms with Gasteiger partial charge in [-0.3, -0.25) is 14.6 Å². The lowest BCUT2D eigenvalue weighted by molar-refractivity contribution is -0.134. The molecule has 2 amide bonds. The smallest absolute Gasteiger partial charge is 0.272 e. The largest absolute Gasteiger partial charge is 0.338 e. The van der Waals surface area contributed by atoms with Crippen LogP contribution >= 0.6 is 0 Å². The van der Waals surface area contributed by atoms with Gasteiger partial charge >= 0.3 is 0 Å². The predicted octanol–water partition coefficient (Wildman–Crippen LogP) is 1.08. The first-order chi connectivity index (χ1) is 12.6. The fraction of sp³-hybridized carbons (Fsp3) is 0.316. The maximum Gasteiger partial charge on any atom is 0.272 e. The minimum Gasteiger partial charge on any atom is -0.338 e. The molecular weight excluding hydrogens is 335 g/mol. The van der Waals surface area contributed by atoms with Crippen molar-refractivity contribution in [3.63, 3.8) is 0 Å². The van der Waals surface area contributed by atoms with Gasteiger partial charge in [-0.25, -0.2) is 4.39 Å². The predicted molar refractivity (Wildman–Crippen MR) is 94.8 cm³/mol. The van der Waals surface area contributed by atoms with Crippen molar-refractivity contribution in [2.75, 3.05) is 26.2 Å². The molecule has 26 heavy (non-hydrogen) atoms. The van der Waals surface area contributed by atoms with Crippen molar-refractivity contribution in [1.29, 1.82) is 0 Å². The van der Waals surface area contributed by atoms with Crippen LogP contribution in [0.4, 0.5) is 4.39 Å². The second kappa shape index (κ2) is 8.05. The SMILES string of the molecule is NC(Cc1ccccc1F)C(=O)N1CCN(C(=O)c2ccccn2)CC1. The summed E-state index contributed by atoms with van der Waals surface area (Å²) >= 11 is 0. The highest BCUT2D eigenvalue weighted by Gasteiger charge is 2.28. The molecule has 7 heteroatoms. The Hall–Kier alpha value is -2.80. The zero-order valence-corrected chi connectivity index (χ0v) is 14.3. The van der Waals surface area contributed by atoms with Crippen molar-refractivity contribution >= 4 is 11.8 Å². The van der Waals surface area contributed by atoms with Crippen LogP contribution in [0, 0.1) is 5.82 Å². The van der Waals surface area contributed by atoms with Gasteiger partial charge < -0.3 is 15.5 Å². The van der Waals surface area contributed by atoms with Crippen molar-refractivity contribution in [2.45, 2.75) is 12.5 Å². The van der Waals surface area contributed by atoms with Gasteiger partial charge in [0.2, 0.25) is 5.91 Å². The number of hydrogen-bond acceptors (Lipinski definition) is 4. The Morgan fingerprint density at radius 1 is 1.04 bits per heavy atom. The van der Waals surface area contributed by atoms with E-state index in [1.165, 1.54) is 6.07 Å². The number of nitrogens with two attached hydrogens (primary N) is 1. The minimum absolute atomic E-state index is 0.145. The Kier molecular flexibility index (Phi) is 5.58. The number of halogens is 1. The van der Waals surface area contributed by atoms with Gasteiger partial charge in [0.15, 0.2) is 0 Å². The van der Waals surface area contributed by atoms with Crippen LogP contribution < -0.4 is 5.73 Å². The number of carbonyl (C=O) groups excluding carboxylic acids is 2. The summed E-state index contributed by atoms with van der Waals surface area (Å²) < 4.78 is 13.7. The second-order valence-corrected chi connectivity index (χ2v) is 6.23. The molecule has 1 aliphatic heterocycles. The summed E-state index contributed by atoms with van der Waals surface area (Å²) in [5.74, 6) is -0.729. The number of aromatic nitrogens is 1. The fourth-order valence-electron chi connectivity index (χ4n) is 3.00. The molecule has 2 heterocycles. The third kappa shape index (κ3) is 4.05. The van der Waals surface area contributed by atoms with E-state index in [9.17, 15) is 14.0 Å². The molecule has 0 spiro atoms. The van der Waals surface area contributed by atoms with Gasteiger partial charge in [-0.05, 0) is 30.2 Å². The van der Waals surface area contributed by atoms with Gasteiger partial charge in [0.1, 0.15) is 11.5 Å². The molecule has 2 N–H and O–H groups in total. The van der Waals surface area contributed by atoms with E-state index in [-0.39, 0.29) is 24.1 Å². The van der Waals surface area contributed by atoms with Crippen molar-refractivity contribution in [2.24, 2.45) is 5.73 Å². The molecule has 6 nitrogen and oxygen atoms in total. The molecule has 1 saturated heterocycles. The molecule has 136 valence electrons. The molecule has 1 aliphatic rings. The van der Waals surface area contributed by atoms with Crippen molar-refractivity contribution in [3.8, 4) is 0 Å². The van der Waals surface area contributed by atoms with E-state index in [0.717, 1.165) is 0 Å². The first kappa shape index (κ1) is 18.0. The number of pyridine rings is 1. The Bertz CT molecular complexity index is 776. The van der Waals surface area contributed by atoms with Crippen LogP contribution in [0.15, 0.2) is 48.7 Å². The quantitative estimate of drug-likeness (QED) is 0.889. The lowest BCUT2D eigenvalue weighted by Crippen LogP contribution is -2.54. The lowest BCUT2D eigenvalue weighted by Gasteiger charge is -2.35. The number of benzene rings is 1. The molecular formula is C19H21FN4O2. The molecule has 1 aromatic carbocycles. The van der Waals surface area contributed by atoms with Crippen LogP contribution in [0.2, 0.25) is 0 Å². The standard InChI is InChI=1S/C19H21FN4O2/c20-15-6-2-1-5-14(15)13-16(21)18(25)23-9-11-24(12-10-23)19(26)17-7-3-4-8-22-17/h1-8,16H,9-13,21H2. The molecule has 1 fully saturated rings. The topological polar surface area (TPSA) is 79.5 Å². The zero-order chi connectivity index (χ0) is 18.5. The molecule has 0 aliphatic carbocycles. The highest BCUT2D eigenvalue weighted by Crippen LogP contribution is 2.12. The summed E-state index contributed by atoms with van der Waals surface area (Å²) in [6, 6.07) is 10.7. The van der Waals surface area contributed by atoms with Crippen LogP contribution in [0.3, 0.4) is 0 Å². The maximum absolute atomic E-state index is 13.7. The third-order valence-corrected chi connectivity index (χ3v) is 4.48. The Morgan fingerprint density at radius 2 is 1.69 bits per heavy atom. The third-order valence-electron chi connectivity index (χ3n) is 4.48. The Labute approximate surface area is 151 Å². The molecule has 0 saturated carbocycles. The Morgan fingerprint density at radius 3 is 2.35 bits per heavy atom. The number of piperazine rings is 1. The van der Waals surface area contributed by atoms with Gasteiger partial charge in [-0.2, -0.15) is 0 Å². The number of nitrogens with zero attached hydrogens (tertiary/aromatic N) is 3. The van der Waals surface area contributed by atoms with Crippen LogP contribution in [-0.2, 0) is 11.2 Å². The van der Waals surface area contributed by atoms with Crippen molar-refractivity contribution < 1.29 is 14.0 Å². The summed E-state index contributed by atoms with van der Waals surface area (Å²) in [5.41, 5.74) is 6.81. The van der Waals surface area contributed by atoms with Gasteiger partial charge in [-0.15, -0.1) is 0 Å². The highest BCUT2D eigenvalue weighted by atomic mass is 19.1. The average molecular weight is 356 g/mol. The molecule has 1 unspecified atom stereocenters. The first-order valence-electron chi connectivity index (χ1n) is 8.54. The van der Waals surface area contributed by atoms with Gasteiger partial charge in [0.05, 0.1) is 6.04 Å². The lowest BCUT2D eigenvalue weighted by atomic mass is 10.0. The number of amides is 2. The Balaban J connectivity index is 1.55. The van der Waals surface area contributed by atoms with E-state index in [4.69, 9.17) is 5.73 Å². The fourth-order valence-corrected chi connectivity index (χ4v) is 3.00. The van der Waals surface area contributed by atoms with Crippen LogP contribution in [-0.4, -0.2) is 58.8 Å². The number of carbonyl (C=O) groups is 2. The molecule has 1 aromatic heterocycles. The summed E-state index contributed by atoms with van der Waals surface area (Å²) in [4.78, 5) is 32.3. The molecule has 0 bridgehead atoms. The van der Waals surface area contributed by atoms with E-state index in [1.54, 1.807) is 52.4 Å². The van der Waals surface area contributed by atoms with E-state index >= 15 is 0 Å². The normalized spacial score (nSPS) is 15.6. The maximum atomic E-state index is 13.7. The van der Waals surface area contributed by atoms with Crippen molar-refractivity contribution in [3.05, 3.63) is 65.7 Å². The number of rotatable bonds is 4. The molecule has 0 radical (unpaired) electrons. The molecule has 1 atom stereocenters. The van der Waals surface area contributed by atoms with E-state index in [0.29, 0.717) is 37.4 Å². The van der Waals surface area contributed by atoms with E-state index in [1.807, 2.05) is 0 Å².